The lowest BCUT2D eigenvalue weighted by atomic mass is 10.1. The number of hydrogen-bond acceptors (Lipinski definition) is 3. The third-order valence-corrected chi connectivity index (χ3v) is 2.83. The molecule has 0 aliphatic heterocycles. The SMILES string of the molecule is C[C@@H](CNC(N)=O)NC(=O)NCC(N)Cc1ccccc1. The zero-order valence-electron chi connectivity index (χ0n) is 12.1. The number of amides is 4. The predicted octanol–water partition coefficient (Wildman–Crippen LogP) is -0.0876. The lowest BCUT2D eigenvalue weighted by molar-refractivity contribution is 0.234. The molecule has 0 saturated heterocycles. The Labute approximate surface area is 124 Å². The summed E-state index contributed by atoms with van der Waals surface area (Å²) in [6, 6.07) is 8.54. The van der Waals surface area contributed by atoms with Crippen LogP contribution in [0.25, 0.3) is 0 Å². The van der Waals surface area contributed by atoms with Crippen molar-refractivity contribution in [1.82, 2.24) is 16.0 Å². The molecular weight excluding hydrogens is 270 g/mol. The lowest BCUT2D eigenvalue weighted by Gasteiger charge is -2.17. The van der Waals surface area contributed by atoms with E-state index in [2.05, 4.69) is 16.0 Å². The van der Waals surface area contributed by atoms with Gasteiger partial charge in [0.05, 0.1) is 0 Å². The first-order valence-corrected chi connectivity index (χ1v) is 6.84. The van der Waals surface area contributed by atoms with E-state index in [0.717, 1.165) is 5.56 Å². The summed E-state index contributed by atoms with van der Waals surface area (Å²) in [4.78, 5) is 22.2. The van der Waals surface area contributed by atoms with Gasteiger partial charge in [-0.05, 0) is 18.9 Å². The first-order valence-electron chi connectivity index (χ1n) is 6.84. The Hall–Kier alpha value is -2.28. The molecule has 7 N–H and O–H groups in total. The molecule has 1 rings (SSSR count). The van der Waals surface area contributed by atoms with Gasteiger partial charge in [-0.2, -0.15) is 0 Å². The molecule has 0 radical (unpaired) electrons. The number of primary amides is 1. The predicted molar refractivity (Wildman–Crippen MR) is 81.7 cm³/mol. The van der Waals surface area contributed by atoms with Gasteiger partial charge in [0, 0.05) is 25.2 Å². The van der Waals surface area contributed by atoms with Crippen molar-refractivity contribution in [2.24, 2.45) is 11.5 Å². The normalized spacial score (nSPS) is 13.0. The summed E-state index contributed by atoms with van der Waals surface area (Å²) in [5.74, 6) is 0. The van der Waals surface area contributed by atoms with Crippen LogP contribution in [0.15, 0.2) is 30.3 Å². The van der Waals surface area contributed by atoms with Crippen LogP contribution in [0.2, 0.25) is 0 Å². The van der Waals surface area contributed by atoms with Crippen LogP contribution >= 0.6 is 0 Å². The number of carbonyl (C=O) groups is 2. The second-order valence-electron chi connectivity index (χ2n) is 4.95. The standard InChI is InChI=1S/C14H23N5O2/c1-10(8-17-13(16)20)19-14(21)18-9-12(15)7-11-5-3-2-4-6-11/h2-6,10,12H,7-9,15H2,1H3,(H3,16,17,20)(H2,18,19,21)/t10-,12?/m0/s1. The highest BCUT2D eigenvalue weighted by molar-refractivity contribution is 5.74. The molecule has 4 amide bonds. The van der Waals surface area contributed by atoms with Crippen LogP contribution in [-0.2, 0) is 6.42 Å². The molecule has 0 fully saturated rings. The number of rotatable bonds is 7. The zero-order chi connectivity index (χ0) is 15.7. The molecule has 2 atom stereocenters. The van der Waals surface area contributed by atoms with Gasteiger partial charge < -0.3 is 27.4 Å². The summed E-state index contributed by atoms with van der Waals surface area (Å²) in [5, 5.41) is 7.80. The minimum absolute atomic E-state index is 0.155. The molecule has 0 aliphatic carbocycles. The Bertz CT molecular complexity index is 452. The molecule has 7 nitrogen and oxygen atoms in total. The largest absolute Gasteiger partial charge is 0.352 e. The van der Waals surface area contributed by atoms with Gasteiger partial charge in [0.1, 0.15) is 0 Å². The van der Waals surface area contributed by atoms with E-state index in [0.29, 0.717) is 13.0 Å². The highest BCUT2D eigenvalue weighted by atomic mass is 16.2. The van der Waals surface area contributed by atoms with E-state index in [1.165, 1.54) is 0 Å². The van der Waals surface area contributed by atoms with Crippen LogP contribution < -0.4 is 27.4 Å². The van der Waals surface area contributed by atoms with Crippen LogP contribution in [0.5, 0.6) is 0 Å². The van der Waals surface area contributed by atoms with Crippen molar-refractivity contribution in [3.63, 3.8) is 0 Å². The first-order chi connectivity index (χ1) is 9.97. The van der Waals surface area contributed by atoms with E-state index in [1.807, 2.05) is 30.3 Å². The van der Waals surface area contributed by atoms with Gasteiger partial charge in [-0.3, -0.25) is 0 Å². The average molecular weight is 293 g/mol. The van der Waals surface area contributed by atoms with Crippen LogP contribution in [-0.4, -0.2) is 37.2 Å². The van der Waals surface area contributed by atoms with Crippen molar-refractivity contribution >= 4 is 12.1 Å². The topological polar surface area (TPSA) is 122 Å². The molecule has 1 aromatic carbocycles. The third-order valence-electron chi connectivity index (χ3n) is 2.83. The van der Waals surface area contributed by atoms with Crippen molar-refractivity contribution < 1.29 is 9.59 Å². The second kappa shape index (κ2) is 8.80. The van der Waals surface area contributed by atoms with Gasteiger partial charge in [0.15, 0.2) is 0 Å². The Morgan fingerprint density at radius 1 is 1.14 bits per heavy atom. The number of carbonyl (C=O) groups excluding carboxylic acids is 2. The smallest absolute Gasteiger partial charge is 0.315 e. The van der Waals surface area contributed by atoms with Gasteiger partial charge in [0.2, 0.25) is 0 Å². The minimum atomic E-state index is -0.617. The molecule has 1 unspecified atom stereocenters. The van der Waals surface area contributed by atoms with Gasteiger partial charge >= 0.3 is 12.1 Å². The van der Waals surface area contributed by atoms with E-state index in [4.69, 9.17) is 11.5 Å². The van der Waals surface area contributed by atoms with Crippen molar-refractivity contribution in [3.05, 3.63) is 35.9 Å². The quantitative estimate of drug-likeness (QED) is 0.483. The van der Waals surface area contributed by atoms with Gasteiger partial charge in [0.25, 0.3) is 0 Å². The zero-order valence-corrected chi connectivity index (χ0v) is 12.1. The fourth-order valence-electron chi connectivity index (χ4n) is 1.79. The maximum absolute atomic E-state index is 11.6. The molecule has 0 spiro atoms. The van der Waals surface area contributed by atoms with E-state index >= 15 is 0 Å². The average Bonchev–Trinajstić information content (AvgIpc) is 2.44. The number of hydrogen-bond donors (Lipinski definition) is 5. The summed E-state index contributed by atoms with van der Waals surface area (Å²) in [7, 11) is 0. The Balaban J connectivity index is 2.21. The van der Waals surface area contributed by atoms with Crippen LogP contribution in [0.1, 0.15) is 12.5 Å². The number of nitrogens with one attached hydrogen (secondary N) is 3. The molecular formula is C14H23N5O2. The molecule has 7 heteroatoms. The number of benzene rings is 1. The molecule has 21 heavy (non-hydrogen) atoms. The fraction of sp³-hybridized carbons (Fsp3) is 0.429. The van der Waals surface area contributed by atoms with Crippen molar-refractivity contribution in [1.29, 1.82) is 0 Å². The maximum Gasteiger partial charge on any atom is 0.315 e. The molecule has 0 heterocycles. The minimum Gasteiger partial charge on any atom is -0.352 e. The van der Waals surface area contributed by atoms with E-state index in [-0.39, 0.29) is 24.7 Å². The number of nitrogens with two attached hydrogens (primary N) is 2. The fourth-order valence-corrected chi connectivity index (χ4v) is 1.79. The summed E-state index contributed by atoms with van der Waals surface area (Å²) in [6.07, 6.45) is 0.694. The highest BCUT2D eigenvalue weighted by Crippen LogP contribution is 2.01. The summed E-state index contributed by atoms with van der Waals surface area (Å²) in [6.45, 7) is 2.41. The van der Waals surface area contributed by atoms with E-state index < -0.39 is 6.03 Å². The maximum atomic E-state index is 11.6. The van der Waals surface area contributed by atoms with Crippen LogP contribution in [0.4, 0.5) is 9.59 Å². The molecule has 116 valence electrons. The summed E-state index contributed by atoms with van der Waals surface area (Å²) < 4.78 is 0. The van der Waals surface area contributed by atoms with Gasteiger partial charge in [-0.25, -0.2) is 9.59 Å². The van der Waals surface area contributed by atoms with Crippen LogP contribution in [0, 0.1) is 0 Å². The Morgan fingerprint density at radius 3 is 2.43 bits per heavy atom. The summed E-state index contributed by atoms with van der Waals surface area (Å²) >= 11 is 0. The van der Waals surface area contributed by atoms with E-state index in [9.17, 15) is 9.59 Å². The van der Waals surface area contributed by atoms with Crippen molar-refractivity contribution in [2.45, 2.75) is 25.4 Å². The second-order valence-corrected chi connectivity index (χ2v) is 4.95. The highest BCUT2D eigenvalue weighted by Gasteiger charge is 2.09. The third kappa shape index (κ3) is 7.78. The number of urea groups is 2. The summed E-state index contributed by atoms with van der Waals surface area (Å²) in [5.41, 5.74) is 12.0. The van der Waals surface area contributed by atoms with Gasteiger partial charge in [-0.15, -0.1) is 0 Å². The monoisotopic (exact) mass is 293 g/mol. The van der Waals surface area contributed by atoms with Gasteiger partial charge in [-0.1, -0.05) is 30.3 Å². The van der Waals surface area contributed by atoms with E-state index in [1.54, 1.807) is 6.92 Å². The first kappa shape index (κ1) is 16.8. The molecule has 0 aliphatic rings. The lowest BCUT2D eigenvalue weighted by Crippen LogP contribution is -2.49. The molecule has 1 aromatic rings. The van der Waals surface area contributed by atoms with Crippen molar-refractivity contribution in [3.8, 4) is 0 Å². The Morgan fingerprint density at radius 2 is 1.81 bits per heavy atom. The molecule has 0 saturated carbocycles. The Kier molecular flexibility index (Phi) is 7.03. The molecule has 0 bridgehead atoms. The van der Waals surface area contributed by atoms with Crippen LogP contribution in [0.3, 0.4) is 0 Å². The molecule has 0 aromatic heterocycles. The van der Waals surface area contributed by atoms with Crippen molar-refractivity contribution in [2.75, 3.05) is 13.1 Å².